The number of hydrogen-bond donors (Lipinski definition) is 1. The Morgan fingerprint density at radius 2 is 2.12 bits per heavy atom. The van der Waals surface area contributed by atoms with E-state index in [4.69, 9.17) is 0 Å². The quantitative estimate of drug-likeness (QED) is 0.875. The van der Waals surface area contributed by atoms with Gasteiger partial charge in [0.2, 0.25) is 5.91 Å². The number of anilines is 1. The summed E-state index contributed by atoms with van der Waals surface area (Å²) in [5.74, 6) is -0.248. The molecule has 3 rings (SSSR count). The zero-order chi connectivity index (χ0) is 17.6. The van der Waals surface area contributed by atoms with Crippen LogP contribution in [0.3, 0.4) is 0 Å². The number of carbonyl (C=O) groups is 1. The first-order valence-electron chi connectivity index (χ1n) is 8.95. The largest absolute Gasteiger partial charge is 0.322 e. The minimum atomic E-state index is -0.250. The van der Waals surface area contributed by atoms with Gasteiger partial charge in [-0.05, 0) is 43.5 Å². The molecule has 6 heteroatoms. The van der Waals surface area contributed by atoms with Gasteiger partial charge in [-0.25, -0.2) is 4.39 Å². The van der Waals surface area contributed by atoms with Gasteiger partial charge in [0, 0.05) is 12.2 Å². The number of nitrogens with zero attached hydrogens (tertiary/aromatic N) is 3. The smallest absolute Gasteiger partial charge is 0.238 e. The zero-order valence-electron chi connectivity index (χ0n) is 14.6. The van der Waals surface area contributed by atoms with Crippen LogP contribution in [0.25, 0.3) is 0 Å². The fourth-order valence-electron chi connectivity index (χ4n) is 3.41. The number of nitrogens with one attached hydrogen (secondary N) is 1. The van der Waals surface area contributed by atoms with E-state index in [0.29, 0.717) is 24.8 Å². The molecule has 0 spiro atoms. The molecular weight excluding hydrogens is 319 g/mol. The van der Waals surface area contributed by atoms with Crippen LogP contribution in [0.1, 0.15) is 38.2 Å². The lowest BCUT2D eigenvalue weighted by Gasteiger charge is -2.34. The summed E-state index contributed by atoms with van der Waals surface area (Å²) >= 11 is 0. The topological polar surface area (TPSA) is 50.2 Å². The van der Waals surface area contributed by atoms with Crippen molar-refractivity contribution in [3.8, 4) is 0 Å². The molecule has 1 amide bonds. The molecule has 0 saturated carbocycles. The molecule has 1 aliphatic rings. The fourth-order valence-corrected chi connectivity index (χ4v) is 3.41. The van der Waals surface area contributed by atoms with Gasteiger partial charge in [-0.3, -0.25) is 14.4 Å². The number of amides is 1. The third-order valence-electron chi connectivity index (χ3n) is 4.74. The minimum Gasteiger partial charge on any atom is -0.322 e. The number of carbonyl (C=O) groups excluding carboxylic acids is 1. The Balaban J connectivity index is 1.53. The minimum absolute atomic E-state index is 0.00156. The van der Waals surface area contributed by atoms with Crippen LogP contribution in [0.5, 0.6) is 0 Å². The zero-order valence-corrected chi connectivity index (χ0v) is 14.6. The number of hydrogen-bond acceptors (Lipinski definition) is 3. The van der Waals surface area contributed by atoms with Crippen molar-refractivity contribution in [1.29, 1.82) is 0 Å². The van der Waals surface area contributed by atoms with Gasteiger partial charge >= 0.3 is 0 Å². The monoisotopic (exact) mass is 344 g/mol. The van der Waals surface area contributed by atoms with Crippen molar-refractivity contribution >= 4 is 11.6 Å². The number of piperidine rings is 1. The molecule has 0 aliphatic carbocycles. The lowest BCUT2D eigenvalue weighted by molar-refractivity contribution is -0.118. The molecule has 1 N–H and O–H groups in total. The van der Waals surface area contributed by atoms with Gasteiger partial charge in [0.1, 0.15) is 5.82 Å². The van der Waals surface area contributed by atoms with Crippen LogP contribution >= 0.6 is 0 Å². The number of aromatic nitrogens is 2. The molecule has 0 radical (unpaired) electrons. The number of benzene rings is 1. The van der Waals surface area contributed by atoms with Crippen molar-refractivity contribution < 1.29 is 9.18 Å². The lowest BCUT2D eigenvalue weighted by atomic mass is 10.0. The van der Waals surface area contributed by atoms with Gasteiger partial charge in [-0.2, -0.15) is 5.10 Å². The van der Waals surface area contributed by atoms with Gasteiger partial charge in [0.05, 0.1) is 25.0 Å². The van der Waals surface area contributed by atoms with Gasteiger partial charge < -0.3 is 5.32 Å². The SMILES string of the molecule is CC[C@@H]1CCCCN1CC(=O)Nc1cnn(Cc2ccc(F)cc2)c1. The summed E-state index contributed by atoms with van der Waals surface area (Å²) in [4.78, 5) is 14.6. The van der Waals surface area contributed by atoms with E-state index in [0.717, 1.165) is 18.5 Å². The van der Waals surface area contributed by atoms with Crippen molar-refractivity contribution in [3.63, 3.8) is 0 Å². The Kier molecular flexibility index (Phi) is 5.81. The predicted octanol–water partition coefficient (Wildman–Crippen LogP) is 3.27. The summed E-state index contributed by atoms with van der Waals surface area (Å²) in [5, 5.41) is 7.18. The maximum absolute atomic E-state index is 12.9. The summed E-state index contributed by atoms with van der Waals surface area (Å²) in [5.41, 5.74) is 1.65. The molecule has 25 heavy (non-hydrogen) atoms. The Morgan fingerprint density at radius 3 is 2.88 bits per heavy atom. The van der Waals surface area contributed by atoms with E-state index >= 15 is 0 Å². The van der Waals surface area contributed by atoms with Crippen LogP contribution < -0.4 is 5.32 Å². The summed E-state index contributed by atoms with van der Waals surface area (Å²) in [7, 11) is 0. The first kappa shape index (κ1) is 17.6. The molecule has 2 aromatic rings. The molecule has 1 fully saturated rings. The summed E-state index contributed by atoms with van der Waals surface area (Å²) in [6.45, 7) is 4.15. The van der Waals surface area contributed by atoms with Gasteiger partial charge in [0.25, 0.3) is 0 Å². The van der Waals surface area contributed by atoms with Crippen LogP contribution in [0.2, 0.25) is 0 Å². The fraction of sp³-hybridized carbons (Fsp3) is 0.474. The summed E-state index contributed by atoms with van der Waals surface area (Å²) in [6.07, 6.45) is 8.14. The van der Waals surface area contributed by atoms with Gasteiger partial charge in [0.15, 0.2) is 0 Å². The van der Waals surface area contributed by atoms with E-state index in [9.17, 15) is 9.18 Å². The van der Waals surface area contributed by atoms with Gasteiger partial charge in [-0.15, -0.1) is 0 Å². The second-order valence-corrected chi connectivity index (χ2v) is 6.63. The van der Waals surface area contributed by atoms with E-state index < -0.39 is 0 Å². The molecule has 1 aromatic heterocycles. The summed E-state index contributed by atoms with van der Waals surface area (Å²) in [6, 6.07) is 6.85. The normalized spacial score (nSPS) is 18.2. The van der Waals surface area contributed by atoms with Crippen molar-refractivity contribution in [2.24, 2.45) is 0 Å². The highest BCUT2D eigenvalue weighted by Crippen LogP contribution is 2.19. The molecule has 0 unspecified atom stereocenters. The lowest BCUT2D eigenvalue weighted by Crippen LogP contribution is -2.43. The van der Waals surface area contributed by atoms with Crippen LogP contribution in [0.4, 0.5) is 10.1 Å². The number of likely N-dealkylation sites (tertiary alicyclic amines) is 1. The first-order chi connectivity index (χ1) is 12.1. The highest BCUT2D eigenvalue weighted by Gasteiger charge is 2.22. The van der Waals surface area contributed by atoms with Crippen LogP contribution in [0.15, 0.2) is 36.7 Å². The van der Waals surface area contributed by atoms with Crippen LogP contribution in [-0.2, 0) is 11.3 Å². The second-order valence-electron chi connectivity index (χ2n) is 6.63. The molecule has 1 saturated heterocycles. The highest BCUT2D eigenvalue weighted by atomic mass is 19.1. The average molecular weight is 344 g/mol. The Bertz CT molecular complexity index is 698. The molecule has 1 aliphatic heterocycles. The van der Waals surface area contributed by atoms with Crippen molar-refractivity contribution in [2.45, 2.75) is 45.2 Å². The maximum atomic E-state index is 12.9. The van der Waals surface area contributed by atoms with E-state index in [1.165, 1.54) is 31.4 Å². The molecular formula is C19H25FN4O. The first-order valence-corrected chi connectivity index (χ1v) is 8.95. The predicted molar refractivity (Wildman–Crippen MR) is 95.9 cm³/mol. The van der Waals surface area contributed by atoms with Crippen molar-refractivity contribution in [2.75, 3.05) is 18.4 Å². The maximum Gasteiger partial charge on any atom is 0.238 e. The van der Waals surface area contributed by atoms with Crippen molar-refractivity contribution in [3.05, 3.63) is 48.0 Å². The molecule has 1 atom stereocenters. The number of halogens is 1. The molecule has 1 aromatic carbocycles. The molecule has 2 heterocycles. The highest BCUT2D eigenvalue weighted by molar-refractivity contribution is 5.92. The van der Waals surface area contributed by atoms with E-state index in [2.05, 4.69) is 22.2 Å². The third kappa shape index (κ3) is 4.89. The van der Waals surface area contributed by atoms with Crippen LogP contribution in [-0.4, -0.2) is 39.7 Å². The molecule has 5 nitrogen and oxygen atoms in total. The standard InChI is InChI=1S/C19H25FN4O/c1-2-18-5-3-4-10-23(18)14-19(25)22-17-11-21-24(13-17)12-15-6-8-16(20)9-7-15/h6-9,11,13,18H,2-5,10,12,14H2,1H3,(H,22,25)/t18-/m1/s1. The van der Waals surface area contributed by atoms with E-state index in [1.54, 1.807) is 29.2 Å². The third-order valence-corrected chi connectivity index (χ3v) is 4.74. The molecule has 134 valence electrons. The molecule has 0 bridgehead atoms. The van der Waals surface area contributed by atoms with Gasteiger partial charge in [-0.1, -0.05) is 25.5 Å². The second kappa shape index (κ2) is 8.25. The van der Waals surface area contributed by atoms with E-state index in [-0.39, 0.29) is 11.7 Å². The van der Waals surface area contributed by atoms with Crippen molar-refractivity contribution in [1.82, 2.24) is 14.7 Å². The average Bonchev–Trinajstić information content (AvgIpc) is 3.04. The summed E-state index contributed by atoms with van der Waals surface area (Å²) < 4.78 is 14.7. The van der Waals surface area contributed by atoms with E-state index in [1.807, 2.05) is 0 Å². The van der Waals surface area contributed by atoms with Crippen LogP contribution in [0, 0.1) is 5.82 Å². The Morgan fingerprint density at radius 1 is 1.32 bits per heavy atom. The Hall–Kier alpha value is -2.21. The number of rotatable bonds is 6. The Labute approximate surface area is 147 Å².